The summed E-state index contributed by atoms with van der Waals surface area (Å²) in [5, 5.41) is 13.2. The number of carbonyl (C=O) groups excluding carboxylic acids is 1. The highest BCUT2D eigenvalue weighted by molar-refractivity contribution is 9.09. The summed E-state index contributed by atoms with van der Waals surface area (Å²) in [6.07, 6.45) is 1.11. The standard InChI is InChI=1S/C12H16BrNO2/c1-2-10(8-13)14-12(16)7-9-5-3-4-6-11(9)15/h3-6,10,15H,2,7-8H2,1H3,(H,14,16). The van der Waals surface area contributed by atoms with Crippen molar-refractivity contribution in [1.82, 2.24) is 5.32 Å². The van der Waals surface area contributed by atoms with Crippen LogP contribution in [0.1, 0.15) is 18.9 Å². The highest BCUT2D eigenvalue weighted by Gasteiger charge is 2.11. The summed E-state index contributed by atoms with van der Waals surface area (Å²) in [7, 11) is 0. The van der Waals surface area contributed by atoms with Crippen LogP contribution in [0.25, 0.3) is 0 Å². The number of benzene rings is 1. The molecule has 2 N–H and O–H groups in total. The smallest absolute Gasteiger partial charge is 0.224 e. The molecule has 0 spiro atoms. The van der Waals surface area contributed by atoms with Crippen LogP contribution in [-0.4, -0.2) is 22.4 Å². The molecular weight excluding hydrogens is 270 g/mol. The summed E-state index contributed by atoms with van der Waals surface area (Å²) in [6.45, 7) is 2.02. The van der Waals surface area contributed by atoms with Crippen LogP contribution in [0.4, 0.5) is 0 Å². The van der Waals surface area contributed by atoms with Crippen molar-refractivity contribution >= 4 is 21.8 Å². The van der Waals surface area contributed by atoms with Crippen molar-refractivity contribution in [1.29, 1.82) is 0 Å². The molecule has 0 radical (unpaired) electrons. The Labute approximate surface area is 104 Å². The van der Waals surface area contributed by atoms with Gasteiger partial charge in [-0.05, 0) is 12.5 Å². The summed E-state index contributed by atoms with van der Waals surface area (Å²) in [4.78, 5) is 11.6. The molecule has 1 aromatic rings. The van der Waals surface area contributed by atoms with Crippen LogP contribution in [0.2, 0.25) is 0 Å². The minimum atomic E-state index is -0.0622. The van der Waals surface area contributed by atoms with E-state index >= 15 is 0 Å². The van der Waals surface area contributed by atoms with Crippen molar-refractivity contribution in [3.05, 3.63) is 29.8 Å². The van der Waals surface area contributed by atoms with Crippen LogP contribution in [0, 0.1) is 0 Å². The number of hydrogen-bond donors (Lipinski definition) is 2. The van der Waals surface area contributed by atoms with Crippen LogP contribution in [0.5, 0.6) is 5.75 Å². The number of hydrogen-bond acceptors (Lipinski definition) is 2. The summed E-state index contributed by atoms with van der Waals surface area (Å²) >= 11 is 3.34. The predicted molar refractivity (Wildman–Crippen MR) is 67.8 cm³/mol. The molecule has 88 valence electrons. The van der Waals surface area contributed by atoms with Crippen molar-refractivity contribution in [2.24, 2.45) is 0 Å². The van der Waals surface area contributed by atoms with E-state index < -0.39 is 0 Å². The maximum absolute atomic E-state index is 11.6. The Balaban J connectivity index is 2.55. The average molecular weight is 286 g/mol. The van der Waals surface area contributed by atoms with E-state index in [1.54, 1.807) is 18.2 Å². The van der Waals surface area contributed by atoms with Gasteiger partial charge in [-0.25, -0.2) is 0 Å². The van der Waals surface area contributed by atoms with E-state index in [-0.39, 0.29) is 24.1 Å². The molecule has 4 heteroatoms. The molecule has 3 nitrogen and oxygen atoms in total. The first-order valence-electron chi connectivity index (χ1n) is 5.29. The molecule has 0 bridgehead atoms. The molecule has 0 saturated heterocycles. The molecule has 1 unspecified atom stereocenters. The minimum absolute atomic E-state index is 0.0622. The van der Waals surface area contributed by atoms with Crippen molar-refractivity contribution < 1.29 is 9.90 Å². The van der Waals surface area contributed by atoms with E-state index in [4.69, 9.17) is 0 Å². The molecule has 1 amide bonds. The SMILES string of the molecule is CCC(CBr)NC(=O)Cc1ccccc1O. The van der Waals surface area contributed by atoms with Gasteiger partial charge < -0.3 is 10.4 Å². The lowest BCUT2D eigenvalue weighted by Crippen LogP contribution is -2.36. The number of halogens is 1. The second-order valence-corrected chi connectivity index (χ2v) is 4.28. The third-order valence-corrected chi connectivity index (χ3v) is 3.17. The van der Waals surface area contributed by atoms with E-state index in [0.29, 0.717) is 5.56 Å². The largest absolute Gasteiger partial charge is 0.508 e. The monoisotopic (exact) mass is 285 g/mol. The van der Waals surface area contributed by atoms with Crippen molar-refractivity contribution in [3.63, 3.8) is 0 Å². The fourth-order valence-electron chi connectivity index (χ4n) is 1.36. The van der Waals surface area contributed by atoms with Crippen molar-refractivity contribution in [2.45, 2.75) is 25.8 Å². The van der Waals surface area contributed by atoms with E-state index in [1.165, 1.54) is 0 Å². The fraction of sp³-hybridized carbons (Fsp3) is 0.417. The number of para-hydroxylation sites is 1. The number of alkyl halides is 1. The molecule has 1 aromatic carbocycles. The predicted octanol–water partition coefficient (Wildman–Crippen LogP) is 2.22. The van der Waals surface area contributed by atoms with Crippen molar-refractivity contribution in [3.8, 4) is 5.75 Å². The quantitative estimate of drug-likeness (QED) is 0.815. The zero-order valence-corrected chi connectivity index (χ0v) is 10.8. The third kappa shape index (κ3) is 3.85. The van der Waals surface area contributed by atoms with Crippen LogP contribution in [0.15, 0.2) is 24.3 Å². The number of phenols is 1. The van der Waals surface area contributed by atoms with Gasteiger partial charge in [0.25, 0.3) is 0 Å². The van der Waals surface area contributed by atoms with E-state index in [2.05, 4.69) is 21.2 Å². The summed E-state index contributed by atoms with van der Waals surface area (Å²) < 4.78 is 0. The summed E-state index contributed by atoms with van der Waals surface area (Å²) in [5.74, 6) is 0.109. The molecular formula is C12H16BrNO2. The second-order valence-electron chi connectivity index (χ2n) is 3.63. The summed E-state index contributed by atoms with van der Waals surface area (Å²) in [5.41, 5.74) is 0.657. The Morgan fingerprint density at radius 3 is 2.75 bits per heavy atom. The van der Waals surface area contributed by atoms with Gasteiger partial charge in [0.1, 0.15) is 5.75 Å². The van der Waals surface area contributed by atoms with Crippen LogP contribution < -0.4 is 5.32 Å². The van der Waals surface area contributed by atoms with Gasteiger partial charge in [0.15, 0.2) is 0 Å². The van der Waals surface area contributed by atoms with Crippen LogP contribution in [0.3, 0.4) is 0 Å². The first kappa shape index (κ1) is 13.0. The lowest BCUT2D eigenvalue weighted by atomic mass is 10.1. The van der Waals surface area contributed by atoms with Gasteiger partial charge in [-0.1, -0.05) is 41.1 Å². The number of rotatable bonds is 5. The van der Waals surface area contributed by atoms with Gasteiger partial charge in [-0.3, -0.25) is 4.79 Å². The van der Waals surface area contributed by atoms with Gasteiger partial charge in [0.05, 0.1) is 6.42 Å². The lowest BCUT2D eigenvalue weighted by molar-refractivity contribution is -0.121. The fourth-order valence-corrected chi connectivity index (χ4v) is 1.98. The highest BCUT2D eigenvalue weighted by Crippen LogP contribution is 2.15. The molecule has 0 fully saturated rings. The first-order valence-corrected chi connectivity index (χ1v) is 6.41. The Bertz CT molecular complexity index is 351. The Morgan fingerprint density at radius 2 is 2.19 bits per heavy atom. The molecule has 1 rings (SSSR count). The molecule has 1 atom stereocenters. The number of phenolic OH excluding ortho intramolecular Hbond substituents is 1. The second kappa shape index (κ2) is 6.53. The van der Waals surface area contributed by atoms with Gasteiger partial charge >= 0.3 is 0 Å². The maximum atomic E-state index is 11.6. The Morgan fingerprint density at radius 1 is 1.50 bits per heavy atom. The average Bonchev–Trinajstić information content (AvgIpc) is 2.29. The molecule has 16 heavy (non-hydrogen) atoms. The molecule has 0 aliphatic rings. The molecule has 0 aliphatic heterocycles. The Hall–Kier alpha value is -1.03. The molecule has 0 saturated carbocycles. The summed E-state index contributed by atoms with van der Waals surface area (Å²) in [6, 6.07) is 7.04. The number of amides is 1. The van der Waals surface area contributed by atoms with Gasteiger partial charge in [0, 0.05) is 16.9 Å². The van der Waals surface area contributed by atoms with Gasteiger partial charge in [-0.15, -0.1) is 0 Å². The van der Waals surface area contributed by atoms with Gasteiger partial charge in [0.2, 0.25) is 5.91 Å². The number of nitrogens with one attached hydrogen (secondary N) is 1. The van der Waals surface area contributed by atoms with Gasteiger partial charge in [-0.2, -0.15) is 0 Å². The van der Waals surface area contributed by atoms with E-state index in [0.717, 1.165) is 11.8 Å². The van der Waals surface area contributed by atoms with E-state index in [1.807, 2.05) is 13.0 Å². The van der Waals surface area contributed by atoms with Crippen LogP contribution in [-0.2, 0) is 11.2 Å². The normalized spacial score (nSPS) is 12.1. The molecule has 0 aromatic heterocycles. The van der Waals surface area contributed by atoms with Crippen molar-refractivity contribution in [2.75, 3.05) is 5.33 Å². The molecule has 0 heterocycles. The minimum Gasteiger partial charge on any atom is -0.508 e. The number of carbonyl (C=O) groups is 1. The number of aromatic hydroxyl groups is 1. The Kier molecular flexibility index (Phi) is 5.32. The van der Waals surface area contributed by atoms with E-state index in [9.17, 15) is 9.90 Å². The zero-order chi connectivity index (χ0) is 12.0. The molecule has 0 aliphatic carbocycles. The highest BCUT2D eigenvalue weighted by atomic mass is 79.9. The maximum Gasteiger partial charge on any atom is 0.224 e. The topological polar surface area (TPSA) is 49.3 Å². The third-order valence-electron chi connectivity index (χ3n) is 2.39. The van der Waals surface area contributed by atoms with Crippen LogP contribution >= 0.6 is 15.9 Å². The lowest BCUT2D eigenvalue weighted by Gasteiger charge is -2.14. The zero-order valence-electron chi connectivity index (χ0n) is 9.24. The first-order chi connectivity index (χ1) is 7.67.